The standard InChI is InChI=1S/C22H26N6O2/c1-15-13-16(2)28(26-15)21-11-10-20(24-25-21)27-12-4-5-17(14-27)22(29)23-18-6-8-19(30-3)9-7-18/h6-11,13,17H,4-5,12,14H2,1-3H3,(H,23,29). The molecular formula is C22H26N6O2. The number of piperidine rings is 1. The molecule has 1 unspecified atom stereocenters. The summed E-state index contributed by atoms with van der Waals surface area (Å²) in [5.41, 5.74) is 2.73. The fraction of sp³-hybridized carbons (Fsp3) is 0.364. The van der Waals surface area contributed by atoms with Crippen LogP contribution in [0.4, 0.5) is 11.5 Å². The first-order chi connectivity index (χ1) is 14.5. The molecule has 0 saturated carbocycles. The fourth-order valence-electron chi connectivity index (χ4n) is 3.78. The van der Waals surface area contributed by atoms with Gasteiger partial charge in [-0.25, -0.2) is 4.68 Å². The Balaban J connectivity index is 1.41. The lowest BCUT2D eigenvalue weighted by Gasteiger charge is -2.32. The smallest absolute Gasteiger partial charge is 0.229 e. The second-order valence-electron chi connectivity index (χ2n) is 7.59. The molecule has 1 aromatic carbocycles. The summed E-state index contributed by atoms with van der Waals surface area (Å²) >= 11 is 0. The van der Waals surface area contributed by atoms with E-state index in [-0.39, 0.29) is 11.8 Å². The van der Waals surface area contributed by atoms with Gasteiger partial charge in [-0.05, 0) is 69.2 Å². The molecule has 156 valence electrons. The van der Waals surface area contributed by atoms with Gasteiger partial charge in [0.2, 0.25) is 5.91 Å². The Labute approximate surface area is 175 Å². The number of ether oxygens (including phenoxy) is 1. The van der Waals surface area contributed by atoms with Gasteiger partial charge in [-0.1, -0.05) is 0 Å². The minimum atomic E-state index is -0.0988. The van der Waals surface area contributed by atoms with Gasteiger partial charge < -0.3 is 15.0 Å². The summed E-state index contributed by atoms with van der Waals surface area (Å²) in [6.45, 7) is 5.43. The third-order valence-electron chi connectivity index (χ3n) is 5.34. The molecule has 1 N–H and O–H groups in total. The number of amides is 1. The molecule has 3 heterocycles. The highest BCUT2D eigenvalue weighted by Gasteiger charge is 2.27. The summed E-state index contributed by atoms with van der Waals surface area (Å²) in [7, 11) is 1.62. The minimum absolute atomic E-state index is 0.0251. The van der Waals surface area contributed by atoms with Gasteiger partial charge in [0.15, 0.2) is 11.6 Å². The molecule has 1 aliphatic rings. The zero-order valence-corrected chi connectivity index (χ0v) is 17.5. The van der Waals surface area contributed by atoms with Crippen LogP contribution in [0.15, 0.2) is 42.5 Å². The van der Waals surface area contributed by atoms with E-state index >= 15 is 0 Å². The molecule has 0 aliphatic carbocycles. The Morgan fingerprint density at radius 1 is 1.10 bits per heavy atom. The van der Waals surface area contributed by atoms with Crippen LogP contribution in [0, 0.1) is 19.8 Å². The highest BCUT2D eigenvalue weighted by molar-refractivity contribution is 5.93. The maximum Gasteiger partial charge on any atom is 0.229 e. The van der Waals surface area contributed by atoms with Crippen LogP contribution in [0.1, 0.15) is 24.2 Å². The third kappa shape index (κ3) is 4.27. The number of methoxy groups -OCH3 is 1. The van der Waals surface area contributed by atoms with Gasteiger partial charge >= 0.3 is 0 Å². The van der Waals surface area contributed by atoms with Crippen molar-refractivity contribution in [1.82, 2.24) is 20.0 Å². The highest BCUT2D eigenvalue weighted by atomic mass is 16.5. The van der Waals surface area contributed by atoms with Crippen molar-refractivity contribution in [3.8, 4) is 11.6 Å². The van der Waals surface area contributed by atoms with Crippen molar-refractivity contribution < 1.29 is 9.53 Å². The number of aromatic nitrogens is 4. The Kier molecular flexibility index (Phi) is 5.65. The summed E-state index contributed by atoms with van der Waals surface area (Å²) in [6.07, 6.45) is 1.79. The van der Waals surface area contributed by atoms with Crippen molar-refractivity contribution in [2.75, 3.05) is 30.4 Å². The Bertz CT molecular complexity index is 1010. The molecule has 4 rings (SSSR count). The number of nitrogens with zero attached hydrogens (tertiary/aromatic N) is 5. The van der Waals surface area contributed by atoms with Gasteiger partial charge in [0.05, 0.1) is 18.7 Å². The van der Waals surface area contributed by atoms with Crippen molar-refractivity contribution in [1.29, 1.82) is 0 Å². The van der Waals surface area contributed by atoms with Crippen molar-refractivity contribution in [2.24, 2.45) is 5.92 Å². The van der Waals surface area contributed by atoms with E-state index in [1.807, 2.05) is 56.3 Å². The van der Waals surface area contributed by atoms with E-state index in [2.05, 4.69) is 25.5 Å². The molecule has 2 aromatic heterocycles. The summed E-state index contributed by atoms with van der Waals surface area (Å²) < 4.78 is 6.95. The number of benzene rings is 1. The highest BCUT2D eigenvalue weighted by Crippen LogP contribution is 2.24. The van der Waals surface area contributed by atoms with Gasteiger partial charge in [-0.15, -0.1) is 10.2 Å². The first-order valence-corrected chi connectivity index (χ1v) is 10.1. The van der Waals surface area contributed by atoms with E-state index in [1.54, 1.807) is 11.8 Å². The molecule has 1 saturated heterocycles. The van der Waals surface area contributed by atoms with Crippen molar-refractivity contribution in [3.63, 3.8) is 0 Å². The number of carbonyl (C=O) groups excluding carboxylic acids is 1. The average Bonchev–Trinajstić information content (AvgIpc) is 3.12. The predicted molar refractivity (Wildman–Crippen MR) is 115 cm³/mol. The number of aryl methyl sites for hydroxylation is 2. The summed E-state index contributed by atoms with van der Waals surface area (Å²) in [6, 6.07) is 13.2. The minimum Gasteiger partial charge on any atom is -0.497 e. The van der Waals surface area contributed by atoms with Crippen LogP contribution in [0.25, 0.3) is 5.82 Å². The van der Waals surface area contributed by atoms with Crippen molar-refractivity contribution in [3.05, 3.63) is 53.9 Å². The molecule has 8 nitrogen and oxygen atoms in total. The van der Waals surface area contributed by atoms with Gasteiger partial charge in [0, 0.05) is 24.5 Å². The first-order valence-electron chi connectivity index (χ1n) is 10.1. The maximum atomic E-state index is 12.8. The van der Waals surface area contributed by atoms with Crippen molar-refractivity contribution in [2.45, 2.75) is 26.7 Å². The van der Waals surface area contributed by atoms with Gasteiger partial charge in [0.1, 0.15) is 5.75 Å². The van der Waals surface area contributed by atoms with E-state index in [9.17, 15) is 4.79 Å². The summed E-state index contributed by atoms with van der Waals surface area (Å²) in [5.74, 6) is 2.16. The molecule has 30 heavy (non-hydrogen) atoms. The third-order valence-corrected chi connectivity index (χ3v) is 5.34. The molecular weight excluding hydrogens is 380 g/mol. The van der Waals surface area contributed by atoms with Crippen LogP contribution in [-0.2, 0) is 4.79 Å². The number of rotatable bonds is 5. The Hall–Kier alpha value is -3.42. The topological polar surface area (TPSA) is 85.2 Å². The van der Waals surface area contributed by atoms with Crippen LogP contribution in [0.2, 0.25) is 0 Å². The fourth-order valence-corrected chi connectivity index (χ4v) is 3.78. The normalized spacial score (nSPS) is 16.4. The first kappa shape index (κ1) is 19.9. The van der Waals surface area contributed by atoms with Crippen LogP contribution in [0.5, 0.6) is 5.75 Å². The van der Waals surface area contributed by atoms with Crippen LogP contribution in [0.3, 0.4) is 0 Å². The van der Waals surface area contributed by atoms with Crippen LogP contribution in [-0.4, -0.2) is 46.1 Å². The molecule has 3 aromatic rings. The van der Waals surface area contributed by atoms with E-state index in [0.717, 1.165) is 48.0 Å². The quantitative estimate of drug-likeness (QED) is 0.701. The van der Waals surface area contributed by atoms with E-state index in [4.69, 9.17) is 4.74 Å². The average molecular weight is 406 g/mol. The number of nitrogens with one attached hydrogen (secondary N) is 1. The lowest BCUT2D eigenvalue weighted by Crippen LogP contribution is -2.41. The molecule has 1 amide bonds. The second kappa shape index (κ2) is 8.52. The number of hydrogen-bond donors (Lipinski definition) is 1. The molecule has 1 aliphatic heterocycles. The summed E-state index contributed by atoms with van der Waals surface area (Å²) in [5, 5.41) is 16.2. The lowest BCUT2D eigenvalue weighted by atomic mass is 9.97. The zero-order valence-electron chi connectivity index (χ0n) is 17.5. The Morgan fingerprint density at radius 3 is 2.47 bits per heavy atom. The van der Waals surface area contributed by atoms with E-state index in [0.29, 0.717) is 12.4 Å². The Morgan fingerprint density at radius 2 is 1.83 bits per heavy atom. The molecule has 8 heteroatoms. The lowest BCUT2D eigenvalue weighted by molar-refractivity contribution is -0.120. The van der Waals surface area contributed by atoms with Crippen LogP contribution >= 0.6 is 0 Å². The van der Waals surface area contributed by atoms with E-state index < -0.39 is 0 Å². The molecule has 1 atom stereocenters. The van der Waals surface area contributed by atoms with E-state index in [1.165, 1.54) is 0 Å². The second-order valence-corrected chi connectivity index (χ2v) is 7.59. The molecule has 0 spiro atoms. The molecule has 0 bridgehead atoms. The maximum absolute atomic E-state index is 12.8. The largest absolute Gasteiger partial charge is 0.497 e. The number of anilines is 2. The van der Waals surface area contributed by atoms with Crippen LogP contribution < -0.4 is 15.0 Å². The monoisotopic (exact) mass is 406 g/mol. The van der Waals surface area contributed by atoms with Gasteiger partial charge in [-0.2, -0.15) is 5.10 Å². The predicted octanol–water partition coefficient (Wildman–Crippen LogP) is 3.14. The van der Waals surface area contributed by atoms with Gasteiger partial charge in [0.25, 0.3) is 0 Å². The zero-order chi connectivity index (χ0) is 21.1. The van der Waals surface area contributed by atoms with Gasteiger partial charge in [-0.3, -0.25) is 4.79 Å². The molecule has 1 fully saturated rings. The molecule has 0 radical (unpaired) electrons. The summed E-state index contributed by atoms with van der Waals surface area (Å²) in [4.78, 5) is 14.9. The number of hydrogen-bond acceptors (Lipinski definition) is 6. The SMILES string of the molecule is COc1ccc(NC(=O)C2CCCN(c3ccc(-n4nc(C)cc4C)nn3)C2)cc1. The van der Waals surface area contributed by atoms with Crippen molar-refractivity contribution >= 4 is 17.4 Å². The number of carbonyl (C=O) groups is 1.